The van der Waals surface area contributed by atoms with Gasteiger partial charge in [0.05, 0.1) is 11.4 Å². The molecule has 6 nitrogen and oxygen atoms in total. The molecule has 0 N–H and O–H groups in total. The molecule has 0 aliphatic carbocycles. The monoisotopic (exact) mass is 414 g/mol. The standard InChI is InChI=1S/C22H30N4O2S/c1-22(2,3)18-14-19(25-10-4-5-11-25)24-21(23-18)29-15-16-8-9-17(28-16)20(27)26-12-6-7-13-26/h8-9,14H,4-7,10-13,15H2,1-3H3. The summed E-state index contributed by atoms with van der Waals surface area (Å²) in [6, 6.07) is 5.82. The molecular weight excluding hydrogens is 384 g/mol. The zero-order valence-corrected chi connectivity index (χ0v) is 18.4. The third kappa shape index (κ3) is 4.77. The number of anilines is 1. The lowest BCUT2D eigenvalue weighted by Gasteiger charge is -2.22. The van der Waals surface area contributed by atoms with Crippen LogP contribution < -0.4 is 4.90 Å². The number of hydrogen-bond donors (Lipinski definition) is 0. The van der Waals surface area contributed by atoms with Crippen LogP contribution in [0.25, 0.3) is 0 Å². The summed E-state index contributed by atoms with van der Waals surface area (Å²) in [4.78, 5) is 26.3. The van der Waals surface area contributed by atoms with Gasteiger partial charge in [-0.3, -0.25) is 4.79 Å². The van der Waals surface area contributed by atoms with Gasteiger partial charge < -0.3 is 14.2 Å². The molecule has 2 aromatic rings. The van der Waals surface area contributed by atoms with Crippen LogP contribution in [0.3, 0.4) is 0 Å². The zero-order chi connectivity index (χ0) is 20.4. The van der Waals surface area contributed by atoms with Crippen molar-refractivity contribution in [2.45, 2.75) is 62.8 Å². The summed E-state index contributed by atoms with van der Waals surface area (Å²) >= 11 is 1.57. The highest BCUT2D eigenvalue weighted by molar-refractivity contribution is 7.98. The average molecular weight is 415 g/mol. The van der Waals surface area contributed by atoms with Gasteiger partial charge in [0.1, 0.15) is 11.6 Å². The van der Waals surface area contributed by atoms with Crippen molar-refractivity contribution in [3.8, 4) is 0 Å². The summed E-state index contributed by atoms with van der Waals surface area (Å²) < 4.78 is 5.83. The molecule has 29 heavy (non-hydrogen) atoms. The molecule has 156 valence electrons. The second-order valence-electron chi connectivity index (χ2n) is 8.89. The third-order valence-corrected chi connectivity index (χ3v) is 6.37. The minimum atomic E-state index is -0.0350. The van der Waals surface area contributed by atoms with E-state index in [1.807, 2.05) is 11.0 Å². The van der Waals surface area contributed by atoms with Gasteiger partial charge in [-0.15, -0.1) is 0 Å². The van der Waals surface area contributed by atoms with E-state index in [-0.39, 0.29) is 11.3 Å². The van der Waals surface area contributed by atoms with Crippen LogP contribution in [0.5, 0.6) is 0 Å². The van der Waals surface area contributed by atoms with Gasteiger partial charge in [-0.25, -0.2) is 9.97 Å². The number of furan rings is 1. The molecule has 0 aromatic carbocycles. The molecule has 2 aromatic heterocycles. The number of likely N-dealkylation sites (tertiary alicyclic amines) is 1. The molecule has 0 atom stereocenters. The Balaban J connectivity index is 1.47. The van der Waals surface area contributed by atoms with Crippen LogP contribution in [0, 0.1) is 0 Å². The number of nitrogens with zero attached hydrogens (tertiary/aromatic N) is 4. The van der Waals surface area contributed by atoms with Gasteiger partial charge in [0.15, 0.2) is 10.9 Å². The molecular formula is C22H30N4O2S. The van der Waals surface area contributed by atoms with Crippen LogP contribution >= 0.6 is 11.8 Å². The second kappa shape index (κ2) is 8.38. The van der Waals surface area contributed by atoms with Crippen LogP contribution in [0.1, 0.15) is 68.5 Å². The maximum atomic E-state index is 12.5. The van der Waals surface area contributed by atoms with Crippen LogP contribution in [-0.2, 0) is 11.2 Å². The van der Waals surface area contributed by atoms with E-state index in [2.05, 4.69) is 31.7 Å². The minimum Gasteiger partial charge on any atom is -0.455 e. The first-order chi connectivity index (χ1) is 13.9. The minimum absolute atomic E-state index is 0.000972. The van der Waals surface area contributed by atoms with Gasteiger partial charge in [-0.05, 0) is 37.8 Å². The second-order valence-corrected chi connectivity index (χ2v) is 9.83. The lowest BCUT2D eigenvalue weighted by molar-refractivity contribution is 0.0760. The maximum absolute atomic E-state index is 12.5. The number of rotatable bonds is 5. The van der Waals surface area contributed by atoms with Gasteiger partial charge in [-0.1, -0.05) is 32.5 Å². The van der Waals surface area contributed by atoms with E-state index in [0.717, 1.165) is 61.4 Å². The van der Waals surface area contributed by atoms with Crippen molar-refractivity contribution in [3.63, 3.8) is 0 Å². The van der Waals surface area contributed by atoms with E-state index in [1.54, 1.807) is 17.8 Å². The van der Waals surface area contributed by atoms with E-state index in [0.29, 0.717) is 11.5 Å². The first-order valence-electron chi connectivity index (χ1n) is 10.6. The number of hydrogen-bond acceptors (Lipinski definition) is 6. The average Bonchev–Trinajstić information content (AvgIpc) is 3.47. The van der Waals surface area contributed by atoms with E-state index >= 15 is 0 Å². The van der Waals surface area contributed by atoms with E-state index in [9.17, 15) is 4.79 Å². The SMILES string of the molecule is CC(C)(C)c1cc(N2CCCC2)nc(SCc2ccc(C(=O)N3CCCC3)o2)n1. The number of carbonyl (C=O) groups is 1. The Morgan fingerprint density at radius 1 is 1.07 bits per heavy atom. The molecule has 0 unspecified atom stereocenters. The topological polar surface area (TPSA) is 62.5 Å². The molecule has 0 saturated carbocycles. The van der Waals surface area contributed by atoms with Crippen LogP contribution in [0.15, 0.2) is 27.8 Å². The summed E-state index contributed by atoms with van der Waals surface area (Å²) in [7, 11) is 0. The maximum Gasteiger partial charge on any atom is 0.289 e. The molecule has 2 saturated heterocycles. The Kier molecular flexibility index (Phi) is 5.86. The molecule has 2 aliphatic heterocycles. The Hall–Kier alpha value is -2.02. The van der Waals surface area contributed by atoms with Crippen molar-refractivity contribution in [3.05, 3.63) is 35.4 Å². The molecule has 0 spiro atoms. The fourth-order valence-corrected chi connectivity index (χ4v) is 4.50. The number of thioether (sulfide) groups is 1. The van der Waals surface area contributed by atoms with Crippen molar-refractivity contribution in [1.29, 1.82) is 0 Å². The Morgan fingerprint density at radius 2 is 1.76 bits per heavy atom. The number of carbonyl (C=O) groups excluding carboxylic acids is 1. The zero-order valence-electron chi connectivity index (χ0n) is 17.6. The lowest BCUT2D eigenvalue weighted by atomic mass is 9.92. The van der Waals surface area contributed by atoms with Crippen LogP contribution in [0.2, 0.25) is 0 Å². The Morgan fingerprint density at radius 3 is 2.45 bits per heavy atom. The molecule has 0 radical (unpaired) electrons. The van der Waals surface area contributed by atoms with Gasteiger partial charge >= 0.3 is 0 Å². The third-order valence-electron chi connectivity index (χ3n) is 5.50. The summed E-state index contributed by atoms with van der Waals surface area (Å²) in [6.45, 7) is 10.3. The Labute approximate surface area is 177 Å². The van der Waals surface area contributed by atoms with Crippen LogP contribution in [0.4, 0.5) is 5.82 Å². The van der Waals surface area contributed by atoms with E-state index in [4.69, 9.17) is 14.4 Å². The molecule has 4 rings (SSSR count). The fourth-order valence-electron chi connectivity index (χ4n) is 3.75. The summed E-state index contributed by atoms with van der Waals surface area (Å²) in [5, 5.41) is 0.767. The Bertz CT molecular complexity index is 862. The van der Waals surface area contributed by atoms with Crippen molar-refractivity contribution >= 4 is 23.5 Å². The predicted molar refractivity (Wildman–Crippen MR) is 116 cm³/mol. The smallest absolute Gasteiger partial charge is 0.289 e. The van der Waals surface area contributed by atoms with Crippen molar-refractivity contribution < 1.29 is 9.21 Å². The normalized spacial score (nSPS) is 17.3. The molecule has 2 aliphatic rings. The van der Waals surface area contributed by atoms with Crippen LogP contribution in [-0.4, -0.2) is 47.0 Å². The number of amides is 1. The quantitative estimate of drug-likeness (QED) is 0.530. The highest BCUT2D eigenvalue weighted by Crippen LogP contribution is 2.30. The first kappa shape index (κ1) is 20.3. The van der Waals surface area contributed by atoms with Crippen molar-refractivity contribution in [2.24, 2.45) is 0 Å². The predicted octanol–water partition coefficient (Wildman–Crippen LogP) is 4.50. The highest BCUT2D eigenvalue weighted by Gasteiger charge is 2.24. The van der Waals surface area contributed by atoms with E-state index in [1.165, 1.54) is 12.8 Å². The molecule has 0 bridgehead atoms. The molecule has 4 heterocycles. The largest absolute Gasteiger partial charge is 0.455 e. The van der Waals surface area contributed by atoms with Gasteiger partial charge in [-0.2, -0.15) is 0 Å². The van der Waals surface area contributed by atoms with E-state index < -0.39 is 0 Å². The van der Waals surface area contributed by atoms with Gasteiger partial charge in [0, 0.05) is 37.7 Å². The van der Waals surface area contributed by atoms with Gasteiger partial charge in [0.25, 0.3) is 5.91 Å². The number of aromatic nitrogens is 2. The highest BCUT2D eigenvalue weighted by atomic mass is 32.2. The van der Waals surface area contributed by atoms with Crippen molar-refractivity contribution in [1.82, 2.24) is 14.9 Å². The lowest BCUT2D eigenvalue weighted by Crippen LogP contribution is -2.27. The molecule has 7 heteroatoms. The fraction of sp³-hybridized carbons (Fsp3) is 0.591. The van der Waals surface area contributed by atoms with Crippen molar-refractivity contribution in [2.75, 3.05) is 31.1 Å². The summed E-state index contributed by atoms with van der Waals surface area (Å²) in [6.07, 6.45) is 4.60. The van der Waals surface area contributed by atoms with Gasteiger partial charge in [0.2, 0.25) is 0 Å². The first-order valence-corrected chi connectivity index (χ1v) is 11.5. The summed E-state index contributed by atoms with van der Waals surface area (Å²) in [5.41, 5.74) is 1.02. The summed E-state index contributed by atoms with van der Waals surface area (Å²) in [5.74, 6) is 2.85. The molecule has 2 fully saturated rings. The molecule has 1 amide bonds.